The Morgan fingerprint density at radius 1 is 0.520 bits per heavy atom. The molecule has 0 atom stereocenters. The first-order valence-electron chi connectivity index (χ1n) is 20.3. The molecule has 0 aromatic heterocycles. The summed E-state index contributed by atoms with van der Waals surface area (Å²) in [6.07, 6.45) is 22.4. The Kier molecular flexibility index (Phi) is 20.9. The fraction of sp³-hybridized carbons (Fsp3) is 0.800. The normalized spacial score (nSPS) is 14.0. The van der Waals surface area contributed by atoms with Gasteiger partial charge in [0.15, 0.2) is 0 Å². The van der Waals surface area contributed by atoms with Gasteiger partial charge in [0.05, 0.1) is 0 Å². The van der Waals surface area contributed by atoms with Crippen molar-refractivity contribution in [1.29, 1.82) is 0 Å². The van der Waals surface area contributed by atoms with Crippen molar-refractivity contribution in [3.63, 3.8) is 0 Å². The first-order chi connectivity index (χ1) is 23.7. The summed E-state index contributed by atoms with van der Waals surface area (Å²) in [4.78, 5) is 28.5. The van der Waals surface area contributed by atoms with E-state index >= 15 is 0 Å². The van der Waals surface area contributed by atoms with Crippen LogP contribution in [0, 0.1) is 0 Å². The molecule has 0 saturated carbocycles. The van der Waals surface area contributed by atoms with Gasteiger partial charge < -0.3 is 0 Å². The summed E-state index contributed by atoms with van der Waals surface area (Å²) < 4.78 is 49.8. The Balaban J connectivity index is 3.98. The Labute approximate surface area is 308 Å². The minimum absolute atomic E-state index is 0.142. The van der Waals surface area contributed by atoms with Crippen molar-refractivity contribution < 1.29 is 31.6 Å². The van der Waals surface area contributed by atoms with E-state index < -0.39 is 40.6 Å². The van der Waals surface area contributed by atoms with E-state index in [-0.39, 0.29) is 11.1 Å². The monoisotopic (exact) mass is 762 g/mol. The molecule has 0 unspecified atom stereocenters. The van der Waals surface area contributed by atoms with E-state index in [9.17, 15) is 22.6 Å². The van der Waals surface area contributed by atoms with Gasteiger partial charge in [0, 0.05) is 0 Å². The molecule has 0 amide bonds. The van der Waals surface area contributed by atoms with Crippen LogP contribution in [0.2, 0.25) is 0 Å². The van der Waals surface area contributed by atoms with Crippen molar-refractivity contribution in [2.45, 2.75) is 163 Å². The quantitative estimate of drug-likeness (QED) is 0.0639. The van der Waals surface area contributed by atoms with Crippen LogP contribution in [-0.2, 0) is 19.2 Å². The molecule has 0 heterocycles. The molecule has 10 heteroatoms. The summed E-state index contributed by atoms with van der Waals surface area (Å²) in [5.41, 5.74) is -0.120. The van der Waals surface area contributed by atoms with Gasteiger partial charge in [0.2, 0.25) is 0 Å². The fourth-order valence-corrected chi connectivity index (χ4v) is 21.9. The van der Waals surface area contributed by atoms with E-state index in [0.717, 1.165) is 152 Å². The Morgan fingerprint density at radius 3 is 1.06 bits per heavy atom. The van der Waals surface area contributed by atoms with Crippen LogP contribution in [0.5, 0.6) is 0 Å². The minimum atomic E-state index is -4.79. The maximum absolute atomic E-state index is 14.6. The second-order valence-electron chi connectivity index (χ2n) is 15.3. The Bertz CT molecular complexity index is 1190. The van der Waals surface area contributed by atoms with Crippen LogP contribution < -0.4 is 0 Å². The van der Waals surface area contributed by atoms with Crippen LogP contribution in [0.15, 0.2) is 23.1 Å². The zero-order chi connectivity index (χ0) is 37.8. The molecule has 50 heavy (non-hydrogen) atoms. The third-order valence-corrected chi connectivity index (χ3v) is 24.9. The summed E-state index contributed by atoms with van der Waals surface area (Å²) in [6.45, 7) is 11.1. The summed E-state index contributed by atoms with van der Waals surface area (Å²) in [6, 6.07) is 3.93. The van der Waals surface area contributed by atoms with Gasteiger partial charge in [0.1, 0.15) is 0 Å². The van der Waals surface area contributed by atoms with Crippen molar-refractivity contribution >= 4 is 35.7 Å². The van der Waals surface area contributed by atoms with Crippen molar-refractivity contribution in [2.75, 3.05) is 49.3 Å². The first-order valence-corrected chi connectivity index (χ1v) is 27.6. The van der Waals surface area contributed by atoms with E-state index in [1.54, 1.807) is 0 Å². The standard InChI is InChI=1S/C40H76O7P2S/c1-9-17-27-48(28-18-10-2,29-19-11-3,30-20-12-4)46-39(41)36-25-26-38(50(43,44)45)37(35-36)40(42)47-49(31-21-13-5,32-22-14-6,33-23-15-7)34-24-16-8/h25-26,35H,9-24,27-34H2,1-8H3,(H,43,44,45). The maximum atomic E-state index is 14.6. The molecule has 1 aromatic rings. The molecular formula is C40H76O7P2S. The zero-order valence-corrected chi connectivity index (χ0v) is 36.0. The molecule has 1 N–H and O–H groups in total. The SMILES string of the molecule is CCCCP(CCCC)(CCCC)(CCCC)OC(=O)c1ccc(S(=O)(=O)O)c(C(=O)OP(CCCC)(CCCC)(CCCC)CCCC)c1. The average Bonchev–Trinajstić information content (AvgIpc) is 3.11. The molecule has 0 bridgehead atoms. The molecule has 0 aliphatic heterocycles. The van der Waals surface area contributed by atoms with Gasteiger partial charge in [-0.15, -0.1) is 0 Å². The molecule has 0 radical (unpaired) electrons. The van der Waals surface area contributed by atoms with Gasteiger partial charge in [-0.2, -0.15) is 0 Å². The molecule has 0 aliphatic rings. The van der Waals surface area contributed by atoms with E-state index in [2.05, 4.69) is 55.4 Å². The second kappa shape index (κ2) is 22.2. The van der Waals surface area contributed by atoms with Crippen molar-refractivity contribution in [3.05, 3.63) is 29.3 Å². The summed E-state index contributed by atoms with van der Waals surface area (Å²) in [5, 5.41) is 0. The number of rotatable bonds is 29. The zero-order valence-electron chi connectivity index (χ0n) is 33.4. The first kappa shape index (κ1) is 47.0. The molecule has 0 fully saturated rings. The number of hydrogen-bond acceptors (Lipinski definition) is 6. The topological polar surface area (TPSA) is 107 Å². The van der Waals surface area contributed by atoms with Crippen molar-refractivity contribution in [3.8, 4) is 0 Å². The Hall–Kier alpha value is -1.07. The molecule has 1 rings (SSSR count). The summed E-state index contributed by atoms with van der Waals surface area (Å²) >= 11 is 0. The fourth-order valence-electron chi connectivity index (χ4n) is 7.78. The molecule has 294 valence electrons. The van der Waals surface area contributed by atoms with Crippen molar-refractivity contribution in [1.82, 2.24) is 0 Å². The number of unbranched alkanes of at least 4 members (excludes halogenated alkanes) is 8. The van der Waals surface area contributed by atoms with Crippen LogP contribution >= 0.6 is 13.7 Å². The van der Waals surface area contributed by atoms with Gasteiger partial charge in [-0.3, -0.25) is 0 Å². The van der Waals surface area contributed by atoms with Gasteiger partial charge in [-0.05, 0) is 0 Å². The predicted octanol–water partition coefficient (Wildman–Crippen LogP) is 12.6. The number of carbonyl (C=O) groups excluding carboxylic acids is 2. The van der Waals surface area contributed by atoms with Crippen LogP contribution in [0.3, 0.4) is 0 Å². The summed E-state index contributed by atoms with van der Waals surface area (Å²) in [5.74, 6) is -1.24. The summed E-state index contributed by atoms with van der Waals surface area (Å²) in [7, 11) is -4.79. The van der Waals surface area contributed by atoms with Crippen LogP contribution in [0.4, 0.5) is 0 Å². The third kappa shape index (κ3) is 13.4. The van der Waals surface area contributed by atoms with Gasteiger partial charge in [-0.25, -0.2) is 0 Å². The van der Waals surface area contributed by atoms with Gasteiger partial charge in [0.25, 0.3) is 0 Å². The molecule has 0 spiro atoms. The number of carbonyl (C=O) groups is 2. The van der Waals surface area contributed by atoms with E-state index in [0.29, 0.717) is 0 Å². The second-order valence-corrected chi connectivity index (χ2v) is 28.0. The van der Waals surface area contributed by atoms with E-state index in [1.165, 1.54) is 18.2 Å². The van der Waals surface area contributed by atoms with E-state index in [1.807, 2.05) is 0 Å². The van der Waals surface area contributed by atoms with Crippen molar-refractivity contribution in [2.24, 2.45) is 0 Å². The van der Waals surface area contributed by atoms with Crippen LogP contribution in [-0.4, -0.2) is 74.2 Å². The number of benzene rings is 1. The molecule has 0 saturated heterocycles. The third-order valence-electron chi connectivity index (χ3n) is 11.0. The number of hydrogen-bond donors (Lipinski definition) is 1. The average molecular weight is 763 g/mol. The van der Waals surface area contributed by atoms with Crippen LogP contribution in [0.25, 0.3) is 0 Å². The van der Waals surface area contributed by atoms with E-state index in [4.69, 9.17) is 9.05 Å². The molecule has 7 nitrogen and oxygen atoms in total. The molecular weight excluding hydrogens is 686 g/mol. The van der Waals surface area contributed by atoms with Gasteiger partial charge >= 0.3 is 309 Å². The van der Waals surface area contributed by atoms with Crippen LogP contribution in [0.1, 0.15) is 179 Å². The van der Waals surface area contributed by atoms with Gasteiger partial charge in [-0.1, -0.05) is 0 Å². The Morgan fingerprint density at radius 2 is 0.800 bits per heavy atom. The molecule has 0 aliphatic carbocycles. The predicted molar refractivity (Wildman–Crippen MR) is 219 cm³/mol. The molecule has 1 aromatic carbocycles.